The molecule has 10 heteroatoms. The van der Waals surface area contributed by atoms with Gasteiger partial charge in [0, 0.05) is 0 Å². The van der Waals surface area contributed by atoms with Crippen LogP contribution in [0.5, 0.6) is 0 Å². The Morgan fingerprint density at radius 1 is 1.30 bits per heavy atom. The molecule has 0 saturated carbocycles. The Labute approximate surface area is 153 Å². The summed E-state index contributed by atoms with van der Waals surface area (Å²) in [5, 5.41) is 8.86. The van der Waals surface area contributed by atoms with Gasteiger partial charge in [0.25, 0.3) is 0 Å². The van der Waals surface area contributed by atoms with E-state index in [4.69, 9.17) is 5.73 Å². The maximum atomic E-state index is 12.8. The Bertz CT molecular complexity index is 817. The monoisotopic (exact) mass is 383 g/mol. The molecule has 2 rings (SSSR count). The molecule has 7 nitrogen and oxygen atoms in total. The van der Waals surface area contributed by atoms with E-state index in [1.807, 2.05) is 0 Å². The van der Waals surface area contributed by atoms with E-state index in [0.29, 0.717) is 0 Å². The predicted octanol–water partition coefficient (Wildman–Crippen LogP) is 1.93. The number of aromatic nitrogens is 2. The van der Waals surface area contributed by atoms with Crippen LogP contribution in [0.2, 0.25) is 0 Å². The molecule has 2 aromatic rings. The minimum absolute atomic E-state index is 0.0706. The molecule has 0 bridgehead atoms. The first kappa shape index (κ1) is 20.4. The Kier molecular flexibility index (Phi) is 6.21. The molecule has 0 radical (unpaired) electrons. The van der Waals surface area contributed by atoms with Gasteiger partial charge in [0.1, 0.15) is 0 Å². The molecule has 0 aliphatic heterocycles. The molecule has 0 aliphatic rings. The van der Waals surface area contributed by atoms with Gasteiger partial charge in [-0.25, -0.2) is 4.68 Å². The minimum Gasteiger partial charge on any atom is -0.346 e. The quantitative estimate of drug-likeness (QED) is 0.709. The van der Waals surface area contributed by atoms with Crippen molar-refractivity contribution in [2.75, 3.05) is 11.9 Å². The number of nitrogens with zero attached hydrogens (tertiary/aromatic N) is 2. The lowest BCUT2D eigenvalue weighted by atomic mass is 10.1. The lowest BCUT2D eigenvalue weighted by molar-refractivity contribution is -0.137. The molecular formula is C17H20F3N5O2. The summed E-state index contributed by atoms with van der Waals surface area (Å²) in [7, 11) is 0. The molecule has 1 atom stereocenters. The van der Waals surface area contributed by atoms with Crippen molar-refractivity contribution in [2.45, 2.75) is 26.1 Å². The van der Waals surface area contributed by atoms with Crippen molar-refractivity contribution in [1.82, 2.24) is 15.1 Å². The Morgan fingerprint density at radius 2 is 2.00 bits per heavy atom. The molecule has 0 unspecified atom stereocenters. The van der Waals surface area contributed by atoms with E-state index < -0.39 is 29.6 Å². The Balaban J connectivity index is 1.98. The average molecular weight is 383 g/mol. The standard InChI is InChI=1S/C17H20F3N5O2/c1-10(2)15(21)16(27)22-8-14(26)24-12-7-23-25(9-12)13-5-3-4-11(6-13)17(18,19)20/h3-7,9-10,15H,8,21H2,1-2H3,(H,22,27)(H,24,26)/t15-/m0/s1. The molecule has 0 saturated heterocycles. The maximum absolute atomic E-state index is 12.8. The van der Waals surface area contributed by atoms with Crippen LogP contribution in [0.25, 0.3) is 5.69 Å². The fourth-order valence-corrected chi connectivity index (χ4v) is 2.15. The van der Waals surface area contributed by atoms with Crippen molar-refractivity contribution >= 4 is 17.5 Å². The first-order valence-electron chi connectivity index (χ1n) is 8.13. The zero-order valence-electron chi connectivity index (χ0n) is 14.7. The molecule has 27 heavy (non-hydrogen) atoms. The molecule has 0 aliphatic carbocycles. The van der Waals surface area contributed by atoms with Crippen molar-refractivity contribution in [3.05, 3.63) is 42.2 Å². The first-order valence-corrected chi connectivity index (χ1v) is 8.13. The van der Waals surface area contributed by atoms with Crippen LogP contribution in [0.3, 0.4) is 0 Å². The second-order valence-corrected chi connectivity index (χ2v) is 6.26. The molecular weight excluding hydrogens is 363 g/mol. The van der Waals surface area contributed by atoms with E-state index >= 15 is 0 Å². The highest BCUT2D eigenvalue weighted by atomic mass is 19.4. The van der Waals surface area contributed by atoms with Gasteiger partial charge < -0.3 is 16.4 Å². The highest BCUT2D eigenvalue weighted by Crippen LogP contribution is 2.30. The van der Waals surface area contributed by atoms with Gasteiger partial charge in [0.05, 0.1) is 41.9 Å². The van der Waals surface area contributed by atoms with E-state index in [1.54, 1.807) is 13.8 Å². The second kappa shape index (κ2) is 8.21. The normalized spacial score (nSPS) is 12.7. The van der Waals surface area contributed by atoms with Gasteiger partial charge in [0.2, 0.25) is 11.8 Å². The molecule has 1 aromatic heterocycles. The molecule has 4 N–H and O–H groups in total. The summed E-state index contributed by atoms with van der Waals surface area (Å²) in [6.45, 7) is 3.28. The van der Waals surface area contributed by atoms with Crippen LogP contribution in [0.15, 0.2) is 36.7 Å². The van der Waals surface area contributed by atoms with E-state index in [-0.39, 0.29) is 23.8 Å². The third kappa shape index (κ3) is 5.55. The van der Waals surface area contributed by atoms with Crippen LogP contribution in [0, 0.1) is 5.92 Å². The fraction of sp³-hybridized carbons (Fsp3) is 0.353. The molecule has 146 valence electrons. The van der Waals surface area contributed by atoms with E-state index in [0.717, 1.165) is 12.1 Å². The lowest BCUT2D eigenvalue weighted by Crippen LogP contribution is -2.46. The van der Waals surface area contributed by atoms with Gasteiger partial charge in [-0.05, 0) is 24.1 Å². The van der Waals surface area contributed by atoms with Crippen molar-refractivity contribution in [2.24, 2.45) is 11.7 Å². The summed E-state index contributed by atoms with van der Waals surface area (Å²) in [6.07, 6.45) is -1.80. The third-order valence-electron chi connectivity index (χ3n) is 3.75. The van der Waals surface area contributed by atoms with Gasteiger partial charge in [-0.2, -0.15) is 18.3 Å². The molecule has 0 spiro atoms. The van der Waals surface area contributed by atoms with Crippen molar-refractivity contribution in [1.29, 1.82) is 0 Å². The van der Waals surface area contributed by atoms with E-state index in [2.05, 4.69) is 15.7 Å². The van der Waals surface area contributed by atoms with Gasteiger partial charge >= 0.3 is 6.18 Å². The van der Waals surface area contributed by atoms with Crippen LogP contribution in [0.4, 0.5) is 18.9 Å². The number of rotatable bonds is 6. The highest BCUT2D eigenvalue weighted by molar-refractivity contribution is 5.95. The van der Waals surface area contributed by atoms with Crippen molar-refractivity contribution in [3.8, 4) is 5.69 Å². The Morgan fingerprint density at radius 3 is 2.63 bits per heavy atom. The van der Waals surface area contributed by atoms with Gasteiger partial charge in [0.15, 0.2) is 0 Å². The van der Waals surface area contributed by atoms with Crippen LogP contribution < -0.4 is 16.4 Å². The summed E-state index contributed by atoms with van der Waals surface area (Å²) in [6, 6.07) is 3.92. The number of nitrogens with two attached hydrogens (primary N) is 1. The number of anilines is 1. The molecule has 1 aromatic carbocycles. The van der Waals surface area contributed by atoms with Gasteiger partial charge in [-0.15, -0.1) is 0 Å². The fourth-order valence-electron chi connectivity index (χ4n) is 2.15. The zero-order valence-corrected chi connectivity index (χ0v) is 14.7. The maximum Gasteiger partial charge on any atom is 0.416 e. The minimum atomic E-state index is -4.46. The zero-order chi connectivity index (χ0) is 20.2. The number of alkyl halides is 3. The van der Waals surface area contributed by atoms with Crippen LogP contribution in [-0.2, 0) is 15.8 Å². The van der Waals surface area contributed by atoms with Crippen molar-refractivity contribution < 1.29 is 22.8 Å². The van der Waals surface area contributed by atoms with E-state index in [1.165, 1.54) is 29.2 Å². The number of benzene rings is 1. The number of amides is 2. The smallest absolute Gasteiger partial charge is 0.346 e. The summed E-state index contributed by atoms with van der Waals surface area (Å²) >= 11 is 0. The largest absolute Gasteiger partial charge is 0.416 e. The predicted molar refractivity (Wildman–Crippen MR) is 93.0 cm³/mol. The molecule has 1 heterocycles. The summed E-state index contributed by atoms with van der Waals surface area (Å²) in [5.74, 6) is -1.03. The van der Waals surface area contributed by atoms with Crippen LogP contribution in [0.1, 0.15) is 19.4 Å². The summed E-state index contributed by atoms with van der Waals surface area (Å²) < 4.78 is 39.6. The SMILES string of the molecule is CC(C)[C@H](N)C(=O)NCC(=O)Nc1cnn(-c2cccc(C(F)(F)F)c2)c1. The van der Waals surface area contributed by atoms with Gasteiger partial charge in [-0.3, -0.25) is 9.59 Å². The highest BCUT2D eigenvalue weighted by Gasteiger charge is 2.30. The van der Waals surface area contributed by atoms with Gasteiger partial charge in [-0.1, -0.05) is 19.9 Å². The molecule has 0 fully saturated rings. The Hall–Kier alpha value is -2.88. The number of carbonyl (C=O) groups excluding carboxylic acids is 2. The van der Waals surface area contributed by atoms with Crippen LogP contribution >= 0.6 is 0 Å². The number of carbonyl (C=O) groups is 2. The average Bonchev–Trinajstić information content (AvgIpc) is 3.06. The topological polar surface area (TPSA) is 102 Å². The second-order valence-electron chi connectivity index (χ2n) is 6.26. The van der Waals surface area contributed by atoms with Crippen LogP contribution in [-0.4, -0.2) is 34.2 Å². The van der Waals surface area contributed by atoms with Crippen molar-refractivity contribution in [3.63, 3.8) is 0 Å². The third-order valence-corrected chi connectivity index (χ3v) is 3.75. The number of halogens is 3. The number of nitrogens with one attached hydrogen (secondary N) is 2. The number of hydrogen-bond acceptors (Lipinski definition) is 4. The first-order chi connectivity index (χ1) is 12.6. The lowest BCUT2D eigenvalue weighted by Gasteiger charge is -2.14. The summed E-state index contributed by atoms with van der Waals surface area (Å²) in [4.78, 5) is 23.6. The summed E-state index contributed by atoms with van der Waals surface area (Å²) in [5.41, 5.74) is 5.34. The molecule has 2 amide bonds. The van der Waals surface area contributed by atoms with E-state index in [9.17, 15) is 22.8 Å². The number of hydrogen-bond donors (Lipinski definition) is 3.